The highest BCUT2D eigenvalue weighted by Gasteiger charge is 2.14. The third kappa shape index (κ3) is 11.5. The van der Waals surface area contributed by atoms with Crippen molar-refractivity contribution in [1.82, 2.24) is 14.9 Å². The highest BCUT2D eigenvalue weighted by Crippen LogP contribution is 2.10. The summed E-state index contributed by atoms with van der Waals surface area (Å²) in [6.45, 7) is 8.26. The molecule has 146 valence electrons. The first-order chi connectivity index (χ1) is 10.9. The maximum Gasteiger partial charge on any atom is 0.213 e. The molecule has 0 amide bonds. The normalized spacial score (nSPS) is 13.5. The number of rotatable bonds is 12. The van der Waals surface area contributed by atoms with Gasteiger partial charge in [0.1, 0.15) is 0 Å². The summed E-state index contributed by atoms with van der Waals surface area (Å²) in [4.78, 5) is 4.22. The van der Waals surface area contributed by atoms with Gasteiger partial charge in [0.2, 0.25) is 10.0 Å². The van der Waals surface area contributed by atoms with Crippen molar-refractivity contribution in [2.45, 2.75) is 52.9 Å². The minimum Gasteiger partial charge on any atom is -0.356 e. The zero-order valence-corrected chi connectivity index (χ0v) is 19.1. The third-order valence-electron chi connectivity index (χ3n) is 4.11. The molecule has 6 nitrogen and oxygen atoms in total. The van der Waals surface area contributed by atoms with Gasteiger partial charge in [-0.25, -0.2) is 12.7 Å². The molecule has 1 atom stereocenters. The Hall–Kier alpha value is -0.0900. The smallest absolute Gasteiger partial charge is 0.213 e. The Morgan fingerprint density at radius 2 is 1.83 bits per heavy atom. The molecule has 0 aliphatic heterocycles. The predicted octanol–water partition coefficient (Wildman–Crippen LogP) is 2.66. The summed E-state index contributed by atoms with van der Waals surface area (Å²) >= 11 is 0. The van der Waals surface area contributed by atoms with E-state index in [0.717, 1.165) is 18.9 Å². The summed E-state index contributed by atoms with van der Waals surface area (Å²) in [5, 5.41) is 6.61. The summed E-state index contributed by atoms with van der Waals surface area (Å²) < 4.78 is 24.7. The maximum absolute atomic E-state index is 11.6. The van der Waals surface area contributed by atoms with E-state index >= 15 is 0 Å². The van der Waals surface area contributed by atoms with Crippen molar-refractivity contribution in [3.05, 3.63) is 0 Å². The molecule has 8 heteroatoms. The van der Waals surface area contributed by atoms with E-state index in [9.17, 15) is 8.42 Å². The van der Waals surface area contributed by atoms with Crippen LogP contribution >= 0.6 is 24.0 Å². The van der Waals surface area contributed by atoms with Gasteiger partial charge in [0.25, 0.3) is 0 Å². The fourth-order valence-corrected chi connectivity index (χ4v) is 3.12. The first kappa shape index (κ1) is 26.1. The van der Waals surface area contributed by atoms with E-state index in [0.29, 0.717) is 19.0 Å². The van der Waals surface area contributed by atoms with Crippen molar-refractivity contribution < 1.29 is 8.42 Å². The minimum absolute atomic E-state index is 0. The number of guanidine groups is 1. The van der Waals surface area contributed by atoms with Gasteiger partial charge in [0.15, 0.2) is 5.96 Å². The highest BCUT2D eigenvalue weighted by atomic mass is 127. The molecule has 0 aromatic rings. The standard InChI is InChI=1S/C16H36N4O2S.HI/c1-6-9-11-15(7-2)14-19-16(17-4)18-12-10-13-20(5)23(21,22)8-3;/h15H,6-14H2,1-5H3,(H2,17,18,19);1H. The average molecular weight is 476 g/mol. The molecule has 1 unspecified atom stereocenters. The summed E-state index contributed by atoms with van der Waals surface area (Å²) in [6.07, 6.45) is 5.67. The predicted molar refractivity (Wildman–Crippen MR) is 115 cm³/mol. The van der Waals surface area contributed by atoms with Crippen molar-refractivity contribution in [1.29, 1.82) is 0 Å². The number of nitrogens with zero attached hydrogens (tertiary/aromatic N) is 2. The quantitative estimate of drug-likeness (QED) is 0.197. The second-order valence-electron chi connectivity index (χ2n) is 5.87. The average Bonchev–Trinajstić information content (AvgIpc) is 2.56. The molecule has 0 saturated heterocycles. The van der Waals surface area contributed by atoms with E-state index in [4.69, 9.17) is 0 Å². The molecule has 0 fully saturated rings. The Morgan fingerprint density at radius 3 is 2.33 bits per heavy atom. The van der Waals surface area contributed by atoms with Gasteiger partial charge >= 0.3 is 0 Å². The Kier molecular flexibility index (Phi) is 16.5. The van der Waals surface area contributed by atoms with Crippen LogP contribution in [0.3, 0.4) is 0 Å². The van der Waals surface area contributed by atoms with Crippen LogP contribution in [0.1, 0.15) is 52.9 Å². The van der Waals surface area contributed by atoms with Crippen LogP contribution in [0.2, 0.25) is 0 Å². The van der Waals surface area contributed by atoms with Crippen LogP contribution in [-0.4, -0.2) is 58.2 Å². The van der Waals surface area contributed by atoms with Gasteiger partial charge in [-0.1, -0.05) is 33.1 Å². The van der Waals surface area contributed by atoms with Gasteiger partial charge in [-0.05, 0) is 25.7 Å². The maximum atomic E-state index is 11.6. The van der Waals surface area contributed by atoms with Gasteiger partial charge < -0.3 is 10.6 Å². The van der Waals surface area contributed by atoms with Crippen LogP contribution in [0, 0.1) is 5.92 Å². The molecule has 0 bridgehead atoms. The summed E-state index contributed by atoms with van der Waals surface area (Å²) in [6, 6.07) is 0. The lowest BCUT2D eigenvalue weighted by atomic mass is 9.99. The Morgan fingerprint density at radius 1 is 1.17 bits per heavy atom. The molecule has 0 aromatic heterocycles. The number of halogens is 1. The summed E-state index contributed by atoms with van der Waals surface area (Å²) in [5.74, 6) is 1.62. The van der Waals surface area contributed by atoms with Gasteiger partial charge in [-0.2, -0.15) is 0 Å². The molecular formula is C16H37IN4O2S. The van der Waals surface area contributed by atoms with E-state index in [2.05, 4.69) is 29.5 Å². The molecule has 0 rings (SSSR count). The second-order valence-corrected chi connectivity index (χ2v) is 8.24. The van der Waals surface area contributed by atoms with Crippen molar-refractivity contribution >= 4 is 40.0 Å². The summed E-state index contributed by atoms with van der Waals surface area (Å²) in [7, 11) is 0.312. The number of sulfonamides is 1. The van der Waals surface area contributed by atoms with E-state index in [1.165, 1.54) is 30.0 Å². The Bertz CT molecular complexity index is 430. The largest absolute Gasteiger partial charge is 0.356 e. The molecule has 0 aliphatic carbocycles. The van der Waals surface area contributed by atoms with Crippen LogP contribution in [0.25, 0.3) is 0 Å². The van der Waals surface area contributed by atoms with E-state index < -0.39 is 10.0 Å². The van der Waals surface area contributed by atoms with Crippen molar-refractivity contribution in [3.8, 4) is 0 Å². The van der Waals surface area contributed by atoms with E-state index in [1.807, 2.05) is 0 Å². The van der Waals surface area contributed by atoms with E-state index in [-0.39, 0.29) is 29.7 Å². The van der Waals surface area contributed by atoms with Gasteiger partial charge in [-0.3, -0.25) is 4.99 Å². The molecule has 0 heterocycles. The summed E-state index contributed by atoms with van der Waals surface area (Å²) in [5.41, 5.74) is 0. The zero-order valence-electron chi connectivity index (χ0n) is 16.0. The highest BCUT2D eigenvalue weighted by molar-refractivity contribution is 14.0. The van der Waals surface area contributed by atoms with Gasteiger partial charge in [-0.15, -0.1) is 24.0 Å². The minimum atomic E-state index is -3.08. The molecule has 0 aromatic carbocycles. The first-order valence-electron chi connectivity index (χ1n) is 8.79. The van der Waals surface area contributed by atoms with Crippen molar-refractivity contribution in [2.24, 2.45) is 10.9 Å². The molecule has 0 aliphatic rings. The molecule has 0 spiro atoms. The van der Waals surface area contributed by atoms with Gasteiger partial charge in [0, 0.05) is 33.7 Å². The van der Waals surface area contributed by atoms with Crippen molar-refractivity contribution in [2.75, 3.05) is 39.5 Å². The third-order valence-corrected chi connectivity index (χ3v) is 5.97. The zero-order chi connectivity index (χ0) is 17.7. The lowest BCUT2D eigenvalue weighted by Crippen LogP contribution is -2.41. The first-order valence-corrected chi connectivity index (χ1v) is 10.4. The number of nitrogens with one attached hydrogen (secondary N) is 2. The van der Waals surface area contributed by atoms with Crippen LogP contribution in [0.4, 0.5) is 0 Å². The van der Waals surface area contributed by atoms with Crippen LogP contribution in [-0.2, 0) is 10.0 Å². The molecular weight excluding hydrogens is 439 g/mol. The lowest BCUT2D eigenvalue weighted by Gasteiger charge is -2.19. The van der Waals surface area contributed by atoms with Crippen molar-refractivity contribution in [3.63, 3.8) is 0 Å². The molecule has 2 N–H and O–H groups in total. The fraction of sp³-hybridized carbons (Fsp3) is 0.938. The Labute approximate surface area is 166 Å². The van der Waals surface area contributed by atoms with Crippen LogP contribution in [0.5, 0.6) is 0 Å². The number of hydrogen-bond donors (Lipinski definition) is 2. The second kappa shape index (κ2) is 15.2. The molecule has 24 heavy (non-hydrogen) atoms. The number of aliphatic imine (C=N–C) groups is 1. The number of unbranched alkanes of at least 4 members (excludes halogenated alkanes) is 1. The van der Waals surface area contributed by atoms with Gasteiger partial charge in [0.05, 0.1) is 5.75 Å². The Balaban J connectivity index is 0. The van der Waals surface area contributed by atoms with Crippen LogP contribution in [0.15, 0.2) is 4.99 Å². The molecule has 0 radical (unpaired) electrons. The lowest BCUT2D eigenvalue weighted by molar-refractivity contribution is 0.442. The monoisotopic (exact) mass is 476 g/mol. The topological polar surface area (TPSA) is 73.8 Å². The number of hydrogen-bond acceptors (Lipinski definition) is 3. The van der Waals surface area contributed by atoms with E-state index in [1.54, 1.807) is 21.0 Å². The van der Waals surface area contributed by atoms with Crippen LogP contribution < -0.4 is 10.6 Å². The fourth-order valence-electron chi connectivity index (χ4n) is 2.27. The molecule has 0 saturated carbocycles. The SMILES string of the molecule is CCCCC(CC)CNC(=NC)NCCCN(C)S(=O)(=O)CC.I.